The van der Waals surface area contributed by atoms with Gasteiger partial charge in [-0.1, -0.05) is 36.4 Å². The van der Waals surface area contributed by atoms with Gasteiger partial charge in [0.1, 0.15) is 0 Å². The maximum atomic E-state index is 12.8. The number of benzene rings is 2. The maximum absolute atomic E-state index is 12.8. The fourth-order valence-corrected chi connectivity index (χ4v) is 4.35. The molecular formula is C26H29N5O3. The zero-order chi connectivity index (χ0) is 24.1. The Hall–Kier alpha value is -4.07. The number of hydrogen-bond acceptors (Lipinski definition) is 3. The lowest BCUT2D eigenvalue weighted by Gasteiger charge is -2.32. The summed E-state index contributed by atoms with van der Waals surface area (Å²) in [6.07, 6.45) is 1.37. The third kappa shape index (κ3) is 5.11. The Morgan fingerprint density at radius 2 is 1.59 bits per heavy atom. The van der Waals surface area contributed by atoms with Gasteiger partial charge in [-0.2, -0.15) is 0 Å². The van der Waals surface area contributed by atoms with Crippen molar-refractivity contribution in [3.63, 3.8) is 0 Å². The van der Waals surface area contributed by atoms with Crippen LogP contribution in [0.2, 0.25) is 0 Å². The van der Waals surface area contributed by atoms with Crippen LogP contribution in [0.5, 0.6) is 0 Å². The number of aryl methyl sites for hydroxylation is 1. The van der Waals surface area contributed by atoms with Gasteiger partial charge in [-0.3, -0.25) is 20.4 Å². The molecule has 0 spiro atoms. The molecule has 0 radical (unpaired) electrons. The molecule has 1 atom stereocenters. The number of carbonyl (C=O) groups excluding carboxylic acids is 3. The normalized spacial score (nSPS) is 15.5. The van der Waals surface area contributed by atoms with E-state index in [1.807, 2.05) is 79.1 Å². The van der Waals surface area contributed by atoms with Crippen LogP contribution >= 0.6 is 0 Å². The van der Waals surface area contributed by atoms with E-state index in [1.165, 1.54) is 0 Å². The summed E-state index contributed by atoms with van der Waals surface area (Å²) >= 11 is 0. The molecule has 1 unspecified atom stereocenters. The van der Waals surface area contributed by atoms with Crippen molar-refractivity contribution < 1.29 is 14.4 Å². The summed E-state index contributed by atoms with van der Waals surface area (Å²) in [5.41, 5.74) is 8.98. The molecule has 0 bridgehead atoms. The van der Waals surface area contributed by atoms with E-state index in [-0.39, 0.29) is 17.8 Å². The van der Waals surface area contributed by atoms with E-state index >= 15 is 0 Å². The molecule has 8 heteroatoms. The highest BCUT2D eigenvalue weighted by Gasteiger charge is 2.29. The first kappa shape index (κ1) is 23.1. The smallest absolute Gasteiger partial charge is 0.321 e. The van der Waals surface area contributed by atoms with Gasteiger partial charge in [0, 0.05) is 35.9 Å². The van der Waals surface area contributed by atoms with Crippen LogP contribution in [0.4, 0.5) is 10.5 Å². The molecule has 34 heavy (non-hydrogen) atoms. The molecule has 1 aliphatic rings. The second kappa shape index (κ2) is 10.2. The predicted octanol–water partition coefficient (Wildman–Crippen LogP) is 3.80. The highest BCUT2D eigenvalue weighted by Crippen LogP contribution is 2.21. The van der Waals surface area contributed by atoms with Gasteiger partial charge in [-0.25, -0.2) is 4.79 Å². The van der Waals surface area contributed by atoms with Gasteiger partial charge in [0.15, 0.2) is 0 Å². The molecule has 0 aliphatic carbocycles. The predicted molar refractivity (Wildman–Crippen MR) is 131 cm³/mol. The Labute approximate surface area is 198 Å². The number of nitrogens with one attached hydrogen (secondary N) is 3. The largest absolute Gasteiger partial charge is 0.324 e. The molecule has 4 rings (SSSR count). The molecule has 1 aliphatic heterocycles. The minimum absolute atomic E-state index is 0.235. The van der Waals surface area contributed by atoms with Gasteiger partial charge in [0.2, 0.25) is 5.91 Å². The number of anilines is 1. The molecule has 176 valence electrons. The number of para-hydroxylation sites is 2. The standard InChI is InChI=1S/C26H29N5O3/c1-18-16-23(19(2)31(18)22-13-7-4-8-14-22)25(33)29-28-24(32)20-10-9-15-30(17-20)26(34)27-21-11-5-3-6-12-21/h3-8,11-14,16,20H,9-10,15,17H2,1-2H3,(H,27,34)(H,28,32)(H,29,33). The van der Waals surface area contributed by atoms with E-state index in [9.17, 15) is 14.4 Å². The first-order valence-electron chi connectivity index (χ1n) is 11.4. The average molecular weight is 460 g/mol. The van der Waals surface area contributed by atoms with Crippen molar-refractivity contribution in [3.05, 3.63) is 83.7 Å². The average Bonchev–Trinajstić information content (AvgIpc) is 3.17. The molecule has 1 saturated heterocycles. The van der Waals surface area contributed by atoms with Crippen LogP contribution in [-0.2, 0) is 4.79 Å². The Bertz CT molecular complexity index is 1170. The molecule has 2 heterocycles. The summed E-state index contributed by atoms with van der Waals surface area (Å²) in [7, 11) is 0. The SMILES string of the molecule is Cc1cc(C(=O)NNC(=O)C2CCCN(C(=O)Nc3ccccc3)C2)c(C)n1-c1ccccc1. The van der Waals surface area contributed by atoms with Crippen LogP contribution in [0.3, 0.4) is 0 Å². The molecule has 3 N–H and O–H groups in total. The summed E-state index contributed by atoms with van der Waals surface area (Å²) in [4.78, 5) is 39.8. The first-order valence-corrected chi connectivity index (χ1v) is 11.4. The van der Waals surface area contributed by atoms with Crippen LogP contribution in [0.1, 0.15) is 34.6 Å². The van der Waals surface area contributed by atoms with E-state index in [2.05, 4.69) is 16.2 Å². The zero-order valence-corrected chi connectivity index (χ0v) is 19.4. The monoisotopic (exact) mass is 459 g/mol. The van der Waals surface area contributed by atoms with Gasteiger partial charge in [0.25, 0.3) is 5.91 Å². The minimum atomic E-state index is -0.396. The zero-order valence-electron chi connectivity index (χ0n) is 19.4. The summed E-state index contributed by atoms with van der Waals surface area (Å²) in [6, 6.07) is 20.6. The van der Waals surface area contributed by atoms with E-state index in [4.69, 9.17) is 0 Å². The molecule has 1 fully saturated rings. The van der Waals surface area contributed by atoms with Crippen LogP contribution in [0.15, 0.2) is 66.7 Å². The molecule has 1 aromatic heterocycles. The van der Waals surface area contributed by atoms with E-state index in [0.717, 1.165) is 17.1 Å². The quantitative estimate of drug-likeness (QED) is 0.518. The summed E-state index contributed by atoms with van der Waals surface area (Å²) in [6.45, 7) is 4.69. The van der Waals surface area contributed by atoms with Crippen molar-refractivity contribution in [2.45, 2.75) is 26.7 Å². The third-order valence-electron chi connectivity index (χ3n) is 6.09. The lowest BCUT2D eigenvalue weighted by atomic mass is 9.98. The summed E-state index contributed by atoms with van der Waals surface area (Å²) < 4.78 is 2.00. The highest BCUT2D eigenvalue weighted by atomic mass is 16.2. The number of hydrazine groups is 1. The maximum Gasteiger partial charge on any atom is 0.321 e. The van der Waals surface area contributed by atoms with Crippen molar-refractivity contribution in [1.29, 1.82) is 0 Å². The Morgan fingerprint density at radius 1 is 0.912 bits per heavy atom. The second-order valence-electron chi connectivity index (χ2n) is 8.48. The number of piperidine rings is 1. The van der Waals surface area contributed by atoms with Gasteiger partial charge in [0.05, 0.1) is 11.5 Å². The molecule has 3 aromatic rings. The molecule has 4 amide bonds. The number of carbonyl (C=O) groups is 3. The lowest BCUT2D eigenvalue weighted by molar-refractivity contribution is -0.127. The molecule has 0 saturated carbocycles. The van der Waals surface area contributed by atoms with Crippen LogP contribution in [-0.4, -0.2) is 40.4 Å². The number of amides is 4. The van der Waals surface area contributed by atoms with Crippen molar-refractivity contribution in [3.8, 4) is 5.69 Å². The molecular weight excluding hydrogens is 430 g/mol. The number of rotatable bonds is 4. The van der Waals surface area contributed by atoms with E-state index in [0.29, 0.717) is 37.2 Å². The fraction of sp³-hybridized carbons (Fsp3) is 0.269. The summed E-state index contributed by atoms with van der Waals surface area (Å²) in [5, 5.41) is 2.85. The van der Waals surface area contributed by atoms with E-state index < -0.39 is 5.92 Å². The van der Waals surface area contributed by atoms with Crippen molar-refractivity contribution in [2.75, 3.05) is 18.4 Å². The Balaban J connectivity index is 1.34. The number of hydrogen-bond donors (Lipinski definition) is 3. The second-order valence-corrected chi connectivity index (χ2v) is 8.48. The summed E-state index contributed by atoms with van der Waals surface area (Å²) in [5.74, 6) is -1.08. The number of likely N-dealkylation sites (tertiary alicyclic amines) is 1. The Kier molecular flexibility index (Phi) is 6.96. The van der Waals surface area contributed by atoms with Gasteiger partial charge >= 0.3 is 6.03 Å². The third-order valence-corrected chi connectivity index (χ3v) is 6.09. The Morgan fingerprint density at radius 3 is 2.29 bits per heavy atom. The van der Waals surface area contributed by atoms with Crippen LogP contribution in [0, 0.1) is 19.8 Å². The van der Waals surface area contributed by atoms with Gasteiger partial charge in [-0.05, 0) is 57.0 Å². The number of nitrogens with zero attached hydrogens (tertiary/aromatic N) is 2. The lowest BCUT2D eigenvalue weighted by Crippen LogP contribution is -2.50. The minimum Gasteiger partial charge on any atom is -0.324 e. The van der Waals surface area contributed by atoms with Crippen molar-refractivity contribution in [1.82, 2.24) is 20.3 Å². The number of aromatic nitrogens is 1. The first-order chi connectivity index (χ1) is 16.4. The topological polar surface area (TPSA) is 95.5 Å². The molecule has 8 nitrogen and oxygen atoms in total. The number of urea groups is 1. The van der Waals surface area contributed by atoms with Crippen LogP contribution < -0.4 is 16.2 Å². The fourth-order valence-electron chi connectivity index (χ4n) is 4.35. The van der Waals surface area contributed by atoms with E-state index in [1.54, 1.807) is 11.0 Å². The van der Waals surface area contributed by atoms with Gasteiger partial charge in [-0.15, -0.1) is 0 Å². The van der Waals surface area contributed by atoms with Crippen molar-refractivity contribution in [2.24, 2.45) is 5.92 Å². The van der Waals surface area contributed by atoms with Crippen molar-refractivity contribution >= 4 is 23.5 Å². The van der Waals surface area contributed by atoms with Crippen LogP contribution in [0.25, 0.3) is 5.69 Å². The van der Waals surface area contributed by atoms with Gasteiger partial charge < -0.3 is 14.8 Å². The molecule has 2 aromatic carbocycles. The highest BCUT2D eigenvalue weighted by molar-refractivity contribution is 5.97.